The molecule has 2 rings (SSSR count). The third kappa shape index (κ3) is 9.91. The molecule has 1 heterocycles. The van der Waals surface area contributed by atoms with Crippen molar-refractivity contribution in [3.8, 4) is 17.7 Å². The minimum atomic E-state index is -4.82. The number of hydrogen-bond acceptors (Lipinski definition) is 5. The molecule has 2 N–H and O–H groups in total. The molecule has 0 spiro atoms. The number of hydrogen-bond donors (Lipinski definition) is 2. The third-order valence-electron chi connectivity index (χ3n) is 3.83. The summed E-state index contributed by atoms with van der Waals surface area (Å²) in [7, 11) is 0. The fraction of sp³-hybridized carbons (Fsp3) is 0.350. The normalized spacial score (nSPS) is 11.5. The van der Waals surface area contributed by atoms with Crippen LogP contribution in [0.3, 0.4) is 0 Å². The van der Waals surface area contributed by atoms with Crippen molar-refractivity contribution in [3.63, 3.8) is 0 Å². The molecule has 1 aromatic heterocycles. The molecule has 0 aliphatic carbocycles. The Kier molecular flexibility index (Phi) is 9.71. The SMILES string of the molecule is N#CNC(=NCCCCCCOc1ccc(Cl)cc1OC(F)(F)F)Nc1ccncc1. The molecule has 0 amide bonds. The van der Waals surface area contributed by atoms with Crippen LogP contribution in [0.1, 0.15) is 25.7 Å². The lowest BCUT2D eigenvalue weighted by molar-refractivity contribution is -0.275. The third-order valence-corrected chi connectivity index (χ3v) is 4.06. The van der Waals surface area contributed by atoms with Gasteiger partial charge < -0.3 is 14.8 Å². The minimum Gasteiger partial charge on any atom is -0.490 e. The van der Waals surface area contributed by atoms with Crippen molar-refractivity contribution in [1.29, 1.82) is 5.26 Å². The van der Waals surface area contributed by atoms with E-state index in [0.29, 0.717) is 18.9 Å². The molecule has 1 aromatic carbocycles. The Balaban J connectivity index is 1.69. The van der Waals surface area contributed by atoms with Crippen molar-refractivity contribution >= 4 is 23.2 Å². The molecule has 0 atom stereocenters. The van der Waals surface area contributed by atoms with E-state index in [-0.39, 0.29) is 17.4 Å². The Hall–Kier alpha value is -3.19. The van der Waals surface area contributed by atoms with Gasteiger partial charge in [-0.1, -0.05) is 18.0 Å². The van der Waals surface area contributed by atoms with Crippen molar-refractivity contribution in [2.75, 3.05) is 18.5 Å². The van der Waals surface area contributed by atoms with Gasteiger partial charge in [0.2, 0.25) is 5.96 Å². The number of nitrogens with one attached hydrogen (secondary N) is 2. The molecular formula is C20H21ClF3N5O2. The summed E-state index contributed by atoms with van der Waals surface area (Å²) >= 11 is 5.72. The van der Waals surface area contributed by atoms with Crippen LogP contribution in [0.15, 0.2) is 47.7 Å². The highest BCUT2D eigenvalue weighted by atomic mass is 35.5. The van der Waals surface area contributed by atoms with E-state index in [4.69, 9.17) is 21.6 Å². The molecule has 0 bridgehead atoms. The number of benzene rings is 1. The maximum Gasteiger partial charge on any atom is 0.573 e. The second-order valence-corrected chi connectivity index (χ2v) is 6.67. The van der Waals surface area contributed by atoms with Gasteiger partial charge in [-0.2, -0.15) is 5.26 Å². The first-order valence-electron chi connectivity index (χ1n) is 9.42. The molecule has 0 saturated carbocycles. The zero-order valence-electron chi connectivity index (χ0n) is 16.5. The maximum absolute atomic E-state index is 12.5. The number of unbranched alkanes of at least 4 members (excludes halogenated alkanes) is 3. The van der Waals surface area contributed by atoms with Crippen LogP contribution >= 0.6 is 11.6 Å². The highest BCUT2D eigenvalue weighted by molar-refractivity contribution is 6.30. The summed E-state index contributed by atoms with van der Waals surface area (Å²) in [5, 5.41) is 14.4. The quantitative estimate of drug-likeness (QED) is 0.170. The standard InChI is InChI=1S/C20H21ClF3N5O2/c21-15-5-6-17(18(13-15)31-20(22,23)24)30-12-4-2-1-3-9-27-19(28-14-25)29-16-7-10-26-11-8-16/h5-8,10-11,13H,1-4,9,12H2,(H2,26,27,28,29). The Morgan fingerprint density at radius 3 is 2.55 bits per heavy atom. The van der Waals surface area contributed by atoms with Crippen molar-refractivity contribution in [1.82, 2.24) is 10.3 Å². The zero-order chi connectivity index (χ0) is 22.5. The van der Waals surface area contributed by atoms with E-state index < -0.39 is 12.1 Å². The molecule has 31 heavy (non-hydrogen) atoms. The monoisotopic (exact) mass is 455 g/mol. The number of rotatable bonds is 10. The summed E-state index contributed by atoms with van der Waals surface area (Å²) in [6.45, 7) is 0.744. The van der Waals surface area contributed by atoms with Gasteiger partial charge in [0.1, 0.15) is 0 Å². The van der Waals surface area contributed by atoms with Crippen LogP contribution in [0.2, 0.25) is 5.02 Å². The number of nitriles is 1. The summed E-state index contributed by atoms with van der Waals surface area (Å²) in [6.07, 6.45) is 3.32. The number of ether oxygens (including phenoxy) is 2. The number of nitrogens with zero attached hydrogens (tertiary/aromatic N) is 3. The van der Waals surface area contributed by atoms with Crippen LogP contribution in [-0.4, -0.2) is 30.5 Å². The van der Waals surface area contributed by atoms with Crippen LogP contribution < -0.4 is 20.1 Å². The van der Waals surface area contributed by atoms with Gasteiger partial charge >= 0.3 is 6.36 Å². The first kappa shape index (κ1) is 24.1. The minimum absolute atomic E-state index is 0.0132. The lowest BCUT2D eigenvalue weighted by Gasteiger charge is -2.14. The van der Waals surface area contributed by atoms with E-state index in [1.807, 2.05) is 6.19 Å². The molecule has 2 aromatic rings. The highest BCUT2D eigenvalue weighted by Crippen LogP contribution is 2.34. The second kappa shape index (κ2) is 12.5. The maximum atomic E-state index is 12.5. The Morgan fingerprint density at radius 2 is 1.84 bits per heavy atom. The second-order valence-electron chi connectivity index (χ2n) is 6.23. The topological polar surface area (TPSA) is 91.6 Å². The lowest BCUT2D eigenvalue weighted by Crippen LogP contribution is -2.27. The number of aromatic nitrogens is 1. The summed E-state index contributed by atoms with van der Waals surface area (Å²) < 4.78 is 46.8. The molecule has 11 heteroatoms. The van der Waals surface area contributed by atoms with Crippen LogP contribution in [-0.2, 0) is 0 Å². The van der Waals surface area contributed by atoms with E-state index in [1.54, 1.807) is 24.5 Å². The first-order valence-corrected chi connectivity index (χ1v) is 9.80. The van der Waals surface area contributed by atoms with Gasteiger partial charge in [0, 0.05) is 35.7 Å². The number of aliphatic imine (C=N–C) groups is 1. The molecule has 0 radical (unpaired) electrons. The van der Waals surface area contributed by atoms with Crippen LogP contribution in [0.5, 0.6) is 11.5 Å². The molecule has 0 saturated heterocycles. The van der Waals surface area contributed by atoms with E-state index in [9.17, 15) is 13.2 Å². The van der Waals surface area contributed by atoms with Crippen molar-refractivity contribution in [2.24, 2.45) is 4.99 Å². The van der Waals surface area contributed by atoms with E-state index in [2.05, 4.69) is 25.3 Å². The molecular weight excluding hydrogens is 435 g/mol. The van der Waals surface area contributed by atoms with Gasteiger partial charge in [0.15, 0.2) is 17.7 Å². The van der Waals surface area contributed by atoms with Gasteiger partial charge in [0.25, 0.3) is 0 Å². The first-order chi connectivity index (χ1) is 14.9. The van der Waals surface area contributed by atoms with Crippen LogP contribution in [0.25, 0.3) is 0 Å². The number of pyridine rings is 1. The summed E-state index contributed by atoms with van der Waals surface area (Å²) in [6, 6.07) is 7.35. The van der Waals surface area contributed by atoms with Gasteiger partial charge in [-0.05, 0) is 43.5 Å². The summed E-state index contributed by atoms with van der Waals surface area (Å²) in [4.78, 5) is 8.23. The lowest BCUT2D eigenvalue weighted by atomic mass is 10.2. The number of halogens is 4. The number of anilines is 1. The summed E-state index contributed by atoms with van der Waals surface area (Å²) in [5.74, 6) is -0.133. The van der Waals surface area contributed by atoms with Gasteiger partial charge in [-0.15, -0.1) is 13.2 Å². The fourth-order valence-electron chi connectivity index (χ4n) is 2.48. The molecule has 166 valence electrons. The smallest absolute Gasteiger partial charge is 0.490 e. The predicted octanol–water partition coefficient (Wildman–Crippen LogP) is 5.11. The highest BCUT2D eigenvalue weighted by Gasteiger charge is 2.32. The molecule has 0 aliphatic rings. The Labute approximate surface area is 182 Å². The molecule has 0 unspecified atom stereocenters. The van der Waals surface area contributed by atoms with E-state index >= 15 is 0 Å². The van der Waals surface area contributed by atoms with Crippen LogP contribution in [0.4, 0.5) is 18.9 Å². The van der Waals surface area contributed by atoms with Gasteiger partial charge in [-0.3, -0.25) is 15.3 Å². The predicted molar refractivity (Wildman–Crippen MR) is 111 cm³/mol. The van der Waals surface area contributed by atoms with E-state index in [0.717, 1.165) is 31.0 Å². The van der Waals surface area contributed by atoms with Crippen molar-refractivity contribution < 1.29 is 22.6 Å². The van der Waals surface area contributed by atoms with Gasteiger partial charge in [-0.25, -0.2) is 0 Å². The van der Waals surface area contributed by atoms with E-state index in [1.165, 1.54) is 12.1 Å². The largest absolute Gasteiger partial charge is 0.573 e. The van der Waals surface area contributed by atoms with Crippen molar-refractivity contribution in [3.05, 3.63) is 47.7 Å². The zero-order valence-corrected chi connectivity index (χ0v) is 17.2. The average molecular weight is 456 g/mol. The number of alkyl halides is 3. The molecule has 0 aliphatic heterocycles. The fourth-order valence-corrected chi connectivity index (χ4v) is 2.64. The van der Waals surface area contributed by atoms with Crippen molar-refractivity contribution in [2.45, 2.75) is 32.0 Å². The average Bonchev–Trinajstić information content (AvgIpc) is 2.71. The molecule has 7 nitrogen and oxygen atoms in total. The van der Waals surface area contributed by atoms with Crippen LogP contribution in [0, 0.1) is 11.5 Å². The Morgan fingerprint density at radius 1 is 1.10 bits per heavy atom. The summed E-state index contributed by atoms with van der Waals surface area (Å²) in [5.41, 5.74) is 0.754. The van der Waals surface area contributed by atoms with Gasteiger partial charge in [0.05, 0.1) is 6.61 Å². The number of guanidine groups is 1. The molecule has 0 fully saturated rings. The Bertz CT molecular complexity index is 889.